The Labute approximate surface area is 212 Å². The fraction of sp³-hybridized carbons (Fsp3) is 0.357. The van der Waals surface area contributed by atoms with Gasteiger partial charge in [-0.05, 0) is 37.8 Å². The van der Waals surface area contributed by atoms with Crippen LogP contribution >= 0.6 is 0 Å². The van der Waals surface area contributed by atoms with Gasteiger partial charge in [-0.15, -0.1) is 0 Å². The number of nitrogens with one attached hydrogen (secondary N) is 1. The summed E-state index contributed by atoms with van der Waals surface area (Å²) in [6.07, 6.45) is -0.473. The summed E-state index contributed by atoms with van der Waals surface area (Å²) in [5, 5.41) is 6.07. The largest absolute Gasteiger partial charge is 0.435 e. The van der Waals surface area contributed by atoms with Crippen LogP contribution in [0.2, 0.25) is 0 Å². The van der Waals surface area contributed by atoms with Crippen LogP contribution in [0.4, 0.5) is 13.2 Å². The highest BCUT2D eigenvalue weighted by Gasteiger charge is 2.39. The molecule has 1 fully saturated rings. The molecule has 0 spiro atoms. The van der Waals surface area contributed by atoms with Gasteiger partial charge in [0.05, 0.1) is 11.3 Å². The number of benzene rings is 2. The first-order chi connectivity index (χ1) is 17.7. The Balaban J connectivity index is 1.30. The van der Waals surface area contributed by atoms with Crippen molar-refractivity contribution in [2.75, 3.05) is 6.54 Å². The summed E-state index contributed by atoms with van der Waals surface area (Å²) in [7, 11) is 0. The number of ketones is 2. The van der Waals surface area contributed by atoms with Crippen molar-refractivity contribution in [3.63, 3.8) is 0 Å². The number of amides is 1. The number of nitrogens with zero attached hydrogens (tertiary/aromatic N) is 2. The quantitative estimate of drug-likeness (QED) is 0.297. The molecule has 6 nitrogen and oxygen atoms in total. The van der Waals surface area contributed by atoms with Crippen LogP contribution in [0.25, 0.3) is 5.69 Å². The van der Waals surface area contributed by atoms with E-state index in [1.165, 1.54) is 0 Å². The molecular weight excluding hydrogens is 483 g/mol. The van der Waals surface area contributed by atoms with Crippen LogP contribution in [-0.2, 0) is 11.0 Å². The lowest BCUT2D eigenvalue weighted by atomic mass is 9.75. The standard InChI is InChI=1S/C28H28F3N3O3/c29-28(30,31)26-23(18-34(33-26)22-13-5-2-6-14-22)27(37)32-16-8-15-24(35)20-11-7-12-21(17-20)25(36)19-9-3-1-4-10-19/h1-6,9-10,13-14,18,20-21H,7-8,11-12,15-17H2,(H,32,37)/t20-,21?/m0/s1. The Morgan fingerprint density at radius 2 is 1.59 bits per heavy atom. The molecule has 0 radical (unpaired) electrons. The van der Waals surface area contributed by atoms with Crippen molar-refractivity contribution in [3.05, 3.63) is 83.7 Å². The molecule has 2 atom stereocenters. The number of aromatic nitrogens is 2. The Morgan fingerprint density at radius 3 is 2.27 bits per heavy atom. The number of carbonyl (C=O) groups excluding carboxylic acids is 3. The van der Waals surface area contributed by atoms with E-state index >= 15 is 0 Å². The maximum absolute atomic E-state index is 13.5. The number of para-hydroxylation sites is 1. The highest BCUT2D eigenvalue weighted by Crippen LogP contribution is 2.33. The summed E-state index contributed by atoms with van der Waals surface area (Å²) in [6, 6.07) is 17.3. The van der Waals surface area contributed by atoms with Crippen LogP contribution in [0, 0.1) is 11.8 Å². The fourth-order valence-corrected chi connectivity index (χ4v) is 4.78. The van der Waals surface area contributed by atoms with E-state index in [9.17, 15) is 27.6 Å². The zero-order chi connectivity index (χ0) is 26.4. The highest BCUT2D eigenvalue weighted by atomic mass is 19.4. The minimum Gasteiger partial charge on any atom is -0.352 e. The summed E-state index contributed by atoms with van der Waals surface area (Å²) >= 11 is 0. The van der Waals surface area contributed by atoms with Crippen molar-refractivity contribution in [1.82, 2.24) is 15.1 Å². The molecule has 1 aromatic heterocycles. The lowest BCUT2D eigenvalue weighted by Gasteiger charge is -2.27. The predicted octanol–water partition coefficient (Wildman–Crippen LogP) is 5.66. The van der Waals surface area contributed by atoms with Gasteiger partial charge in [-0.1, -0.05) is 55.0 Å². The number of rotatable bonds is 9. The Hall–Kier alpha value is -3.75. The summed E-state index contributed by atoms with van der Waals surface area (Å²) in [5.74, 6) is -1.22. The van der Waals surface area contributed by atoms with E-state index in [1.54, 1.807) is 42.5 Å². The molecule has 1 amide bonds. The molecule has 3 aromatic rings. The second-order valence-electron chi connectivity index (χ2n) is 9.29. The smallest absolute Gasteiger partial charge is 0.352 e. The second-order valence-corrected chi connectivity index (χ2v) is 9.29. The number of carbonyl (C=O) groups is 3. The maximum atomic E-state index is 13.5. The zero-order valence-electron chi connectivity index (χ0n) is 20.2. The molecule has 37 heavy (non-hydrogen) atoms. The molecule has 194 valence electrons. The van der Waals surface area contributed by atoms with Gasteiger partial charge in [0.2, 0.25) is 0 Å². The van der Waals surface area contributed by atoms with Gasteiger partial charge in [0.25, 0.3) is 5.91 Å². The molecule has 1 aliphatic carbocycles. The normalized spacial score (nSPS) is 17.8. The lowest BCUT2D eigenvalue weighted by molar-refractivity contribution is -0.141. The first-order valence-corrected chi connectivity index (χ1v) is 12.4. The molecule has 0 aliphatic heterocycles. The monoisotopic (exact) mass is 511 g/mol. The predicted molar refractivity (Wildman–Crippen MR) is 131 cm³/mol. The molecule has 1 saturated carbocycles. The van der Waals surface area contributed by atoms with Crippen LogP contribution in [0.5, 0.6) is 0 Å². The minimum absolute atomic E-state index is 0.0210. The van der Waals surface area contributed by atoms with Crippen LogP contribution in [-0.4, -0.2) is 33.8 Å². The Kier molecular flexibility index (Phi) is 8.21. The SMILES string of the molecule is O=C(NCCCC(=O)[C@H]1CCCC(C(=O)c2ccccc2)C1)c1cn(-c2ccccc2)nc1C(F)(F)F. The maximum Gasteiger partial charge on any atom is 0.435 e. The second kappa shape index (κ2) is 11.5. The zero-order valence-corrected chi connectivity index (χ0v) is 20.2. The highest BCUT2D eigenvalue weighted by molar-refractivity contribution is 5.98. The molecule has 2 aromatic carbocycles. The van der Waals surface area contributed by atoms with Gasteiger partial charge >= 0.3 is 6.18 Å². The third-order valence-corrected chi connectivity index (χ3v) is 6.69. The molecule has 0 saturated heterocycles. The van der Waals surface area contributed by atoms with E-state index in [-0.39, 0.29) is 36.4 Å². The number of hydrogen-bond acceptors (Lipinski definition) is 4. The van der Waals surface area contributed by atoms with E-state index in [2.05, 4.69) is 10.4 Å². The number of hydrogen-bond donors (Lipinski definition) is 1. The number of Topliss-reactive ketones (excluding diaryl/α,β-unsaturated/α-hetero) is 2. The van der Waals surface area contributed by atoms with Crippen LogP contribution in [0.3, 0.4) is 0 Å². The van der Waals surface area contributed by atoms with Gasteiger partial charge in [0, 0.05) is 36.6 Å². The third-order valence-electron chi connectivity index (χ3n) is 6.69. The van der Waals surface area contributed by atoms with Gasteiger partial charge in [-0.25, -0.2) is 4.68 Å². The van der Waals surface area contributed by atoms with Crippen LogP contribution in [0.1, 0.15) is 64.9 Å². The molecule has 0 bridgehead atoms. The minimum atomic E-state index is -4.79. The van der Waals surface area contributed by atoms with Crippen molar-refractivity contribution in [2.45, 2.75) is 44.7 Å². The first kappa shape index (κ1) is 26.3. The fourth-order valence-electron chi connectivity index (χ4n) is 4.78. The molecule has 1 N–H and O–H groups in total. The average Bonchev–Trinajstić information content (AvgIpc) is 3.38. The van der Waals surface area contributed by atoms with Gasteiger partial charge in [-0.3, -0.25) is 14.4 Å². The van der Waals surface area contributed by atoms with Crippen molar-refractivity contribution in [2.24, 2.45) is 11.8 Å². The van der Waals surface area contributed by atoms with E-state index < -0.39 is 23.3 Å². The summed E-state index contributed by atoms with van der Waals surface area (Å²) in [5.41, 5.74) is -0.787. The van der Waals surface area contributed by atoms with Gasteiger partial charge in [0.15, 0.2) is 11.5 Å². The summed E-state index contributed by atoms with van der Waals surface area (Å²) in [4.78, 5) is 38.1. The van der Waals surface area contributed by atoms with Gasteiger partial charge in [-0.2, -0.15) is 18.3 Å². The van der Waals surface area contributed by atoms with Crippen molar-refractivity contribution in [1.29, 1.82) is 0 Å². The van der Waals surface area contributed by atoms with Crippen molar-refractivity contribution in [3.8, 4) is 5.69 Å². The van der Waals surface area contributed by atoms with Gasteiger partial charge in [0.1, 0.15) is 5.78 Å². The Bertz CT molecular complexity index is 1240. The third kappa shape index (κ3) is 6.53. The van der Waals surface area contributed by atoms with E-state index in [4.69, 9.17) is 0 Å². The molecular formula is C28H28F3N3O3. The molecule has 1 heterocycles. The van der Waals surface area contributed by atoms with Crippen LogP contribution < -0.4 is 5.32 Å². The molecule has 1 unspecified atom stereocenters. The van der Waals surface area contributed by atoms with Gasteiger partial charge < -0.3 is 5.32 Å². The topological polar surface area (TPSA) is 81.1 Å². The molecule has 4 rings (SSSR count). The van der Waals surface area contributed by atoms with E-state index in [1.807, 2.05) is 18.2 Å². The van der Waals surface area contributed by atoms with Crippen molar-refractivity contribution >= 4 is 17.5 Å². The number of alkyl halides is 3. The summed E-state index contributed by atoms with van der Waals surface area (Å²) in [6.45, 7) is 0.0531. The Morgan fingerprint density at radius 1 is 0.946 bits per heavy atom. The summed E-state index contributed by atoms with van der Waals surface area (Å²) < 4.78 is 41.6. The molecule has 1 aliphatic rings. The number of halogens is 3. The lowest BCUT2D eigenvalue weighted by Crippen LogP contribution is -2.29. The molecule has 9 heteroatoms. The van der Waals surface area contributed by atoms with Crippen molar-refractivity contribution < 1.29 is 27.6 Å². The van der Waals surface area contributed by atoms with Crippen LogP contribution in [0.15, 0.2) is 66.9 Å². The first-order valence-electron chi connectivity index (χ1n) is 12.4. The van der Waals surface area contributed by atoms with E-state index in [0.29, 0.717) is 24.1 Å². The van der Waals surface area contributed by atoms with E-state index in [0.717, 1.165) is 30.1 Å². The average molecular weight is 512 g/mol.